The van der Waals surface area contributed by atoms with Crippen molar-refractivity contribution in [3.8, 4) is 5.75 Å². The van der Waals surface area contributed by atoms with Crippen molar-refractivity contribution in [1.29, 1.82) is 0 Å². The Morgan fingerprint density at radius 3 is 2.47 bits per heavy atom. The lowest BCUT2D eigenvalue weighted by Crippen LogP contribution is -1.95. The van der Waals surface area contributed by atoms with E-state index in [0.29, 0.717) is 6.61 Å². The number of benzene rings is 2. The van der Waals surface area contributed by atoms with Gasteiger partial charge in [0.05, 0.1) is 6.61 Å². The molecule has 0 saturated heterocycles. The van der Waals surface area contributed by atoms with Crippen LogP contribution in [-0.2, 0) is 6.42 Å². The van der Waals surface area contributed by atoms with Crippen LogP contribution in [0.3, 0.4) is 0 Å². The number of carbonyl (C=O) groups excluding carboxylic acids is 1. The van der Waals surface area contributed by atoms with Crippen LogP contribution in [-0.4, -0.2) is 12.9 Å². The highest BCUT2D eigenvalue weighted by Gasteiger charge is 2.02. The van der Waals surface area contributed by atoms with Crippen LogP contribution in [0, 0.1) is 6.92 Å². The van der Waals surface area contributed by atoms with Crippen LogP contribution in [0.1, 0.15) is 34.0 Å². The van der Waals surface area contributed by atoms with Crippen molar-refractivity contribution < 1.29 is 9.53 Å². The van der Waals surface area contributed by atoms with E-state index >= 15 is 0 Å². The first-order valence-electron chi connectivity index (χ1n) is 6.49. The predicted octanol–water partition coefficient (Wildman–Crippen LogP) is 3.80. The highest BCUT2D eigenvalue weighted by molar-refractivity contribution is 5.75. The van der Waals surface area contributed by atoms with Gasteiger partial charge in [-0.05, 0) is 55.2 Å². The monoisotopic (exact) mass is 254 g/mol. The van der Waals surface area contributed by atoms with E-state index in [-0.39, 0.29) is 0 Å². The second-order valence-electron chi connectivity index (χ2n) is 4.56. The van der Waals surface area contributed by atoms with Crippen molar-refractivity contribution in [1.82, 2.24) is 0 Å². The summed E-state index contributed by atoms with van der Waals surface area (Å²) < 4.78 is 5.42. The van der Waals surface area contributed by atoms with E-state index in [4.69, 9.17) is 4.74 Å². The standard InChI is InChI=1S/C17H18O2/c1-3-19-17-8-6-14(7-9-17)10-16-11-15(12-18)5-4-13(16)2/h4-9,11-12H,3,10H2,1-2H3. The molecule has 0 heterocycles. The molecule has 0 bridgehead atoms. The molecule has 2 aromatic carbocycles. The SMILES string of the molecule is CCOc1ccc(Cc2cc(C=O)ccc2C)cc1. The molecule has 0 aliphatic rings. The van der Waals surface area contributed by atoms with Crippen molar-refractivity contribution >= 4 is 6.29 Å². The molecule has 0 saturated carbocycles. The molecule has 0 amide bonds. The van der Waals surface area contributed by atoms with E-state index < -0.39 is 0 Å². The Bertz CT molecular complexity index is 556. The normalized spacial score (nSPS) is 10.2. The van der Waals surface area contributed by atoms with Gasteiger partial charge in [0.25, 0.3) is 0 Å². The number of hydrogen-bond donors (Lipinski definition) is 0. The smallest absolute Gasteiger partial charge is 0.150 e. The minimum Gasteiger partial charge on any atom is -0.494 e. The Labute approximate surface area is 114 Å². The summed E-state index contributed by atoms with van der Waals surface area (Å²) in [6.07, 6.45) is 1.72. The summed E-state index contributed by atoms with van der Waals surface area (Å²) in [5.74, 6) is 0.893. The molecule has 0 unspecified atom stereocenters. The fourth-order valence-electron chi connectivity index (χ4n) is 2.05. The van der Waals surface area contributed by atoms with Gasteiger partial charge in [-0.15, -0.1) is 0 Å². The quantitative estimate of drug-likeness (QED) is 0.759. The molecule has 98 valence electrons. The average molecular weight is 254 g/mol. The molecule has 2 aromatic rings. The summed E-state index contributed by atoms with van der Waals surface area (Å²) in [4.78, 5) is 10.8. The van der Waals surface area contributed by atoms with Crippen LogP contribution in [0.4, 0.5) is 0 Å². The molecular formula is C17H18O2. The summed E-state index contributed by atoms with van der Waals surface area (Å²) >= 11 is 0. The number of aldehydes is 1. The van der Waals surface area contributed by atoms with E-state index in [1.54, 1.807) is 0 Å². The lowest BCUT2D eigenvalue weighted by atomic mass is 9.98. The van der Waals surface area contributed by atoms with E-state index in [1.165, 1.54) is 16.7 Å². The van der Waals surface area contributed by atoms with Crippen LogP contribution in [0.5, 0.6) is 5.75 Å². The van der Waals surface area contributed by atoms with Gasteiger partial charge in [-0.2, -0.15) is 0 Å². The molecule has 2 rings (SSSR count). The largest absolute Gasteiger partial charge is 0.494 e. The zero-order valence-electron chi connectivity index (χ0n) is 11.3. The van der Waals surface area contributed by atoms with E-state index in [9.17, 15) is 4.79 Å². The summed E-state index contributed by atoms with van der Waals surface area (Å²) in [7, 11) is 0. The highest BCUT2D eigenvalue weighted by atomic mass is 16.5. The molecule has 0 aromatic heterocycles. The van der Waals surface area contributed by atoms with Crippen LogP contribution >= 0.6 is 0 Å². The Balaban J connectivity index is 2.18. The van der Waals surface area contributed by atoms with Gasteiger partial charge >= 0.3 is 0 Å². The molecule has 0 aliphatic carbocycles. The first-order valence-corrected chi connectivity index (χ1v) is 6.49. The fourth-order valence-corrected chi connectivity index (χ4v) is 2.05. The molecule has 0 aliphatic heterocycles. The van der Waals surface area contributed by atoms with Gasteiger partial charge in [-0.25, -0.2) is 0 Å². The molecule has 19 heavy (non-hydrogen) atoms. The Morgan fingerprint density at radius 2 is 1.84 bits per heavy atom. The zero-order chi connectivity index (χ0) is 13.7. The summed E-state index contributed by atoms with van der Waals surface area (Å²) in [5, 5.41) is 0. The zero-order valence-corrected chi connectivity index (χ0v) is 11.3. The van der Waals surface area contributed by atoms with Crippen molar-refractivity contribution in [3.05, 3.63) is 64.7 Å². The minimum atomic E-state index is 0.680. The first kappa shape index (κ1) is 13.3. The van der Waals surface area contributed by atoms with Crippen LogP contribution in [0.2, 0.25) is 0 Å². The molecular weight excluding hydrogens is 236 g/mol. The molecule has 2 heteroatoms. The number of aryl methyl sites for hydroxylation is 1. The third-order valence-electron chi connectivity index (χ3n) is 3.14. The van der Waals surface area contributed by atoms with Crippen LogP contribution in [0.25, 0.3) is 0 Å². The number of ether oxygens (including phenoxy) is 1. The summed E-state index contributed by atoms with van der Waals surface area (Å²) in [6, 6.07) is 13.9. The first-order chi connectivity index (χ1) is 9.22. The van der Waals surface area contributed by atoms with Crippen LogP contribution in [0.15, 0.2) is 42.5 Å². The molecule has 0 radical (unpaired) electrons. The van der Waals surface area contributed by atoms with Gasteiger partial charge in [0.2, 0.25) is 0 Å². The lowest BCUT2D eigenvalue weighted by Gasteiger charge is -2.08. The van der Waals surface area contributed by atoms with Gasteiger partial charge in [0.15, 0.2) is 0 Å². The van der Waals surface area contributed by atoms with Gasteiger partial charge in [-0.1, -0.05) is 24.3 Å². The van der Waals surface area contributed by atoms with Gasteiger partial charge in [-0.3, -0.25) is 4.79 Å². The topological polar surface area (TPSA) is 26.3 Å². The molecule has 0 spiro atoms. The van der Waals surface area contributed by atoms with Crippen LogP contribution < -0.4 is 4.74 Å². The Hall–Kier alpha value is -2.09. The second-order valence-corrected chi connectivity index (χ2v) is 4.56. The van der Waals surface area contributed by atoms with Gasteiger partial charge < -0.3 is 4.74 Å². The maximum absolute atomic E-state index is 10.8. The number of hydrogen-bond acceptors (Lipinski definition) is 2. The third-order valence-corrected chi connectivity index (χ3v) is 3.14. The lowest BCUT2D eigenvalue weighted by molar-refractivity contribution is 0.112. The second kappa shape index (κ2) is 6.19. The Morgan fingerprint density at radius 1 is 1.11 bits per heavy atom. The van der Waals surface area contributed by atoms with Gasteiger partial charge in [0.1, 0.15) is 12.0 Å². The molecule has 2 nitrogen and oxygen atoms in total. The van der Waals surface area contributed by atoms with Gasteiger partial charge in [0, 0.05) is 5.56 Å². The third kappa shape index (κ3) is 3.44. The summed E-state index contributed by atoms with van der Waals surface area (Å²) in [5.41, 5.74) is 4.34. The molecule has 0 atom stereocenters. The minimum absolute atomic E-state index is 0.680. The highest BCUT2D eigenvalue weighted by Crippen LogP contribution is 2.18. The van der Waals surface area contributed by atoms with E-state index in [2.05, 4.69) is 19.1 Å². The fraction of sp³-hybridized carbons (Fsp3) is 0.235. The maximum atomic E-state index is 10.8. The predicted molar refractivity (Wildman–Crippen MR) is 77.0 cm³/mol. The van der Waals surface area contributed by atoms with Crippen molar-refractivity contribution in [2.45, 2.75) is 20.3 Å². The van der Waals surface area contributed by atoms with Crippen molar-refractivity contribution in [3.63, 3.8) is 0 Å². The van der Waals surface area contributed by atoms with Crippen molar-refractivity contribution in [2.75, 3.05) is 6.61 Å². The summed E-state index contributed by atoms with van der Waals surface area (Å²) in [6.45, 7) is 4.72. The molecule has 0 fully saturated rings. The maximum Gasteiger partial charge on any atom is 0.150 e. The van der Waals surface area contributed by atoms with E-state index in [0.717, 1.165) is 24.0 Å². The average Bonchev–Trinajstić information content (AvgIpc) is 2.44. The number of rotatable bonds is 5. The van der Waals surface area contributed by atoms with Crippen molar-refractivity contribution in [2.24, 2.45) is 0 Å². The molecule has 0 N–H and O–H groups in total. The van der Waals surface area contributed by atoms with E-state index in [1.807, 2.05) is 37.3 Å². The Kier molecular flexibility index (Phi) is 4.35. The number of carbonyl (C=O) groups is 1.